The van der Waals surface area contributed by atoms with Gasteiger partial charge in [-0.05, 0) is 19.1 Å². The van der Waals surface area contributed by atoms with Crippen LogP contribution in [0, 0.1) is 0 Å². The molecule has 1 amide bonds. The Morgan fingerprint density at radius 1 is 1.53 bits per heavy atom. The standard InChI is InChI=1S/C10H12N2O3/c1-7(10(14)15)12-9(13)6-8-4-2-3-5-11-8/h2-5,7H,6H2,1H3,(H,12,13)(H,14,15)/t7-/m0/s1. The second-order valence-corrected chi connectivity index (χ2v) is 3.13. The number of aliphatic carboxylic acids is 1. The molecule has 0 fully saturated rings. The molecule has 0 aliphatic carbocycles. The van der Waals surface area contributed by atoms with Crippen LogP contribution < -0.4 is 5.32 Å². The predicted molar refractivity (Wildman–Crippen MR) is 53.2 cm³/mol. The van der Waals surface area contributed by atoms with E-state index in [-0.39, 0.29) is 12.3 Å². The Morgan fingerprint density at radius 3 is 2.80 bits per heavy atom. The summed E-state index contributed by atoms with van der Waals surface area (Å²) in [6.07, 6.45) is 1.68. The molecule has 15 heavy (non-hydrogen) atoms. The number of carbonyl (C=O) groups excluding carboxylic acids is 1. The van der Waals surface area contributed by atoms with Gasteiger partial charge in [0.15, 0.2) is 0 Å². The van der Waals surface area contributed by atoms with E-state index in [0.29, 0.717) is 5.69 Å². The van der Waals surface area contributed by atoms with Crippen LogP contribution in [0.3, 0.4) is 0 Å². The molecule has 0 aliphatic rings. The molecule has 0 aliphatic heterocycles. The number of aromatic nitrogens is 1. The molecule has 1 rings (SSSR count). The summed E-state index contributed by atoms with van der Waals surface area (Å²) in [6.45, 7) is 1.42. The fourth-order valence-electron chi connectivity index (χ4n) is 1.02. The second kappa shape index (κ2) is 5.09. The lowest BCUT2D eigenvalue weighted by atomic mass is 10.2. The molecule has 0 saturated carbocycles. The number of amides is 1. The van der Waals surface area contributed by atoms with Crippen LogP contribution in [0.25, 0.3) is 0 Å². The third kappa shape index (κ3) is 3.76. The van der Waals surface area contributed by atoms with Gasteiger partial charge in [-0.2, -0.15) is 0 Å². The van der Waals surface area contributed by atoms with Crippen LogP contribution in [0.2, 0.25) is 0 Å². The summed E-state index contributed by atoms with van der Waals surface area (Å²) in [4.78, 5) is 25.7. The second-order valence-electron chi connectivity index (χ2n) is 3.13. The van der Waals surface area contributed by atoms with Crippen molar-refractivity contribution in [3.8, 4) is 0 Å². The lowest BCUT2D eigenvalue weighted by molar-refractivity contribution is -0.141. The first kappa shape index (κ1) is 11.2. The van der Waals surface area contributed by atoms with Crippen molar-refractivity contribution in [2.45, 2.75) is 19.4 Å². The van der Waals surface area contributed by atoms with Gasteiger partial charge >= 0.3 is 5.97 Å². The molecule has 1 atom stereocenters. The van der Waals surface area contributed by atoms with Gasteiger partial charge in [0.2, 0.25) is 5.91 Å². The van der Waals surface area contributed by atoms with Gasteiger partial charge < -0.3 is 10.4 Å². The number of nitrogens with zero attached hydrogens (tertiary/aromatic N) is 1. The number of carbonyl (C=O) groups is 2. The lowest BCUT2D eigenvalue weighted by Gasteiger charge is -2.08. The summed E-state index contributed by atoms with van der Waals surface area (Å²) in [7, 11) is 0. The first-order valence-electron chi connectivity index (χ1n) is 4.51. The fourth-order valence-corrected chi connectivity index (χ4v) is 1.02. The number of carboxylic acid groups (broad SMARTS) is 1. The quantitative estimate of drug-likeness (QED) is 0.741. The van der Waals surface area contributed by atoms with E-state index >= 15 is 0 Å². The Kier molecular flexibility index (Phi) is 3.79. The zero-order valence-electron chi connectivity index (χ0n) is 8.30. The van der Waals surface area contributed by atoms with E-state index < -0.39 is 12.0 Å². The van der Waals surface area contributed by atoms with Crippen LogP contribution in [-0.2, 0) is 16.0 Å². The van der Waals surface area contributed by atoms with Crippen molar-refractivity contribution in [3.63, 3.8) is 0 Å². The molecule has 2 N–H and O–H groups in total. The third-order valence-corrected chi connectivity index (χ3v) is 1.82. The largest absolute Gasteiger partial charge is 0.480 e. The minimum atomic E-state index is -1.05. The summed E-state index contributed by atoms with van der Waals surface area (Å²) in [5.41, 5.74) is 0.618. The van der Waals surface area contributed by atoms with Crippen molar-refractivity contribution < 1.29 is 14.7 Å². The SMILES string of the molecule is C[C@H](NC(=O)Cc1ccccn1)C(=O)O. The molecule has 0 radical (unpaired) electrons. The summed E-state index contributed by atoms with van der Waals surface area (Å²) in [5, 5.41) is 10.9. The summed E-state index contributed by atoms with van der Waals surface area (Å²) >= 11 is 0. The molecule has 1 heterocycles. The highest BCUT2D eigenvalue weighted by atomic mass is 16.4. The zero-order valence-corrected chi connectivity index (χ0v) is 8.30. The number of hydrogen-bond donors (Lipinski definition) is 2. The van der Waals surface area contributed by atoms with Gasteiger partial charge in [-0.1, -0.05) is 6.07 Å². The molecule has 1 aromatic rings. The van der Waals surface area contributed by atoms with Gasteiger partial charge in [-0.3, -0.25) is 14.6 Å². The summed E-state index contributed by atoms with van der Waals surface area (Å²) in [6, 6.07) is 4.36. The Morgan fingerprint density at radius 2 is 2.27 bits per heavy atom. The predicted octanol–water partition coefficient (Wildman–Crippen LogP) is 0.213. The zero-order chi connectivity index (χ0) is 11.3. The van der Waals surface area contributed by atoms with E-state index in [9.17, 15) is 9.59 Å². The highest BCUT2D eigenvalue weighted by Gasteiger charge is 2.13. The van der Waals surface area contributed by atoms with E-state index in [4.69, 9.17) is 5.11 Å². The van der Waals surface area contributed by atoms with Crippen LogP contribution in [0.5, 0.6) is 0 Å². The average molecular weight is 208 g/mol. The summed E-state index contributed by atoms with van der Waals surface area (Å²) in [5.74, 6) is -1.40. The van der Waals surface area contributed by atoms with E-state index in [1.165, 1.54) is 6.92 Å². The van der Waals surface area contributed by atoms with E-state index in [1.807, 2.05) is 0 Å². The van der Waals surface area contributed by atoms with Gasteiger partial charge in [0.25, 0.3) is 0 Å². The molecule has 0 bridgehead atoms. The number of hydrogen-bond acceptors (Lipinski definition) is 3. The highest BCUT2D eigenvalue weighted by molar-refractivity contribution is 5.84. The monoisotopic (exact) mass is 208 g/mol. The maximum Gasteiger partial charge on any atom is 0.325 e. The Balaban J connectivity index is 2.47. The van der Waals surface area contributed by atoms with Gasteiger partial charge in [0, 0.05) is 11.9 Å². The Labute approximate surface area is 87.1 Å². The molecule has 1 aromatic heterocycles. The smallest absolute Gasteiger partial charge is 0.325 e. The van der Waals surface area contributed by atoms with Crippen molar-refractivity contribution in [1.29, 1.82) is 0 Å². The van der Waals surface area contributed by atoms with Crippen LogP contribution in [-0.4, -0.2) is 28.0 Å². The average Bonchev–Trinajstić information content (AvgIpc) is 2.18. The topological polar surface area (TPSA) is 79.3 Å². The molecule has 5 nitrogen and oxygen atoms in total. The van der Waals surface area contributed by atoms with Crippen LogP contribution in [0.4, 0.5) is 0 Å². The van der Waals surface area contributed by atoms with Gasteiger partial charge in [0.1, 0.15) is 6.04 Å². The van der Waals surface area contributed by atoms with Crippen molar-refractivity contribution in [3.05, 3.63) is 30.1 Å². The van der Waals surface area contributed by atoms with Crippen LogP contribution in [0.1, 0.15) is 12.6 Å². The van der Waals surface area contributed by atoms with Crippen molar-refractivity contribution in [2.24, 2.45) is 0 Å². The Hall–Kier alpha value is -1.91. The van der Waals surface area contributed by atoms with E-state index in [1.54, 1.807) is 24.4 Å². The Bertz CT molecular complexity index is 351. The van der Waals surface area contributed by atoms with Gasteiger partial charge in [0.05, 0.1) is 6.42 Å². The lowest BCUT2D eigenvalue weighted by Crippen LogP contribution is -2.39. The van der Waals surface area contributed by atoms with Crippen molar-refractivity contribution >= 4 is 11.9 Å². The van der Waals surface area contributed by atoms with E-state index in [2.05, 4.69) is 10.3 Å². The molecule has 0 unspecified atom stereocenters. The number of rotatable bonds is 4. The number of pyridine rings is 1. The molecule has 80 valence electrons. The molecule has 5 heteroatoms. The first-order chi connectivity index (χ1) is 7.09. The fraction of sp³-hybridized carbons (Fsp3) is 0.300. The summed E-state index contributed by atoms with van der Waals surface area (Å²) < 4.78 is 0. The normalized spacial score (nSPS) is 11.8. The van der Waals surface area contributed by atoms with E-state index in [0.717, 1.165) is 0 Å². The molecular weight excluding hydrogens is 196 g/mol. The maximum absolute atomic E-state index is 11.3. The first-order valence-corrected chi connectivity index (χ1v) is 4.51. The molecule has 0 aromatic carbocycles. The minimum absolute atomic E-state index is 0.0957. The van der Waals surface area contributed by atoms with Gasteiger partial charge in [-0.15, -0.1) is 0 Å². The highest BCUT2D eigenvalue weighted by Crippen LogP contribution is 1.95. The number of nitrogens with one attached hydrogen (secondary N) is 1. The maximum atomic E-state index is 11.3. The van der Waals surface area contributed by atoms with Crippen molar-refractivity contribution in [1.82, 2.24) is 10.3 Å². The van der Waals surface area contributed by atoms with Crippen LogP contribution >= 0.6 is 0 Å². The van der Waals surface area contributed by atoms with Crippen LogP contribution in [0.15, 0.2) is 24.4 Å². The van der Waals surface area contributed by atoms with Gasteiger partial charge in [-0.25, -0.2) is 0 Å². The molecule has 0 saturated heterocycles. The van der Waals surface area contributed by atoms with Crippen molar-refractivity contribution in [2.75, 3.05) is 0 Å². The third-order valence-electron chi connectivity index (χ3n) is 1.82. The minimum Gasteiger partial charge on any atom is -0.480 e. The number of carboxylic acids is 1. The molecule has 0 spiro atoms. The molecular formula is C10H12N2O3.